The highest BCUT2D eigenvalue weighted by atomic mass is 35.5. The summed E-state index contributed by atoms with van der Waals surface area (Å²) >= 11 is 7.45. The number of hydrogen-bond acceptors (Lipinski definition) is 6. The zero-order chi connectivity index (χ0) is 23.8. The van der Waals surface area contributed by atoms with Crippen molar-refractivity contribution in [3.05, 3.63) is 77.1 Å². The standard InChI is InChI=1S/C25H25ClN4O3S/c1-17-22(16-34-25-29-20-5-2-3-6-21(20)30-25)27-12-11-23(17)33-14-4-13-32-15-24(31)28-19-9-7-18(26)8-10-19/h2-3,5-12H,4,13-16H2,1H3,(H,28,31)(H,29,30). The maximum atomic E-state index is 11.9. The first kappa shape index (κ1) is 24.1. The number of H-pyrrole nitrogens is 1. The van der Waals surface area contributed by atoms with Gasteiger partial charge in [-0.1, -0.05) is 35.5 Å². The molecule has 4 rings (SSSR count). The van der Waals surface area contributed by atoms with Crippen LogP contribution in [0, 0.1) is 6.92 Å². The Labute approximate surface area is 207 Å². The third kappa shape index (κ3) is 6.72. The SMILES string of the molecule is Cc1c(OCCCOCC(=O)Nc2ccc(Cl)cc2)ccnc1CSc1nc2ccccc2[nH]1. The Morgan fingerprint density at radius 2 is 1.94 bits per heavy atom. The molecule has 1 amide bonds. The van der Waals surface area contributed by atoms with Crippen LogP contribution >= 0.6 is 23.4 Å². The average Bonchev–Trinajstić information content (AvgIpc) is 3.26. The Balaban J connectivity index is 1.17. The van der Waals surface area contributed by atoms with Gasteiger partial charge in [0.2, 0.25) is 5.91 Å². The predicted octanol–water partition coefficient (Wildman–Crippen LogP) is 5.64. The average molecular weight is 497 g/mol. The molecule has 176 valence electrons. The highest BCUT2D eigenvalue weighted by molar-refractivity contribution is 7.98. The van der Waals surface area contributed by atoms with E-state index in [9.17, 15) is 4.79 Å². The van der Waals surface area contributed by atoms with Crippen molar-refractivity contribution in [3.63, 3.8) is 0 Å². The molecular formula is C25H25ClN4O3S. The number of aromatic nitrogens is 3. The van der Waals surface area contributed by atoms with E-state index in [4.69, 9.17) is 21.1 Å². The number of fused-ring (bicyclic) bond motifs is 1. The monoisotopic (exact) mass is 496 g/mol. The Bertz CT molecular complexity index is 1210. The van der Waals surface area contributed by atoms with Crippen LogP contribution in [0.15, 0.2) is 66.0 Å². The van der Waals surface area contributed by atoms with E-state index in [1.807, 2.05) is 37.3 Å². The van der Waals surface area contributed by atoms with Gasteiger partial charge in [-0.25, -0.2) is 4.98 Å². The van der Waals surface area contributed by atoms with Gasteiger partial charge in [0.25, 0.3) is 0 Å². The Kier molecular flexibility index (Phi) is 8.41. The number of nitrogens with one attached hydrogen (secondary N) is 2. The lowest BCUT2D eigenvalue weighted by atomic mass is 10.2. The number of rotatable bonds is 11. The van der Waals surface area contributed by atoms with Crippen LogP contribution < -0.4 is 10.1 Å². The lowest BCUT2D eigenvalue weighted by Gasteiger charge is -2.12. The largest absolute Gasteiger partial charge is 0.493 e. The van der Waals surface area contributed by atoms with Crippen molar-refractivity contribution in [2.45, 2.75) is 24.3 Å². The van der Waals surface area contributed by atoms with E-state index >= 15 is 0 Å². The molecule has 0 fully saturated rings. The molecule has 2 heterocycles. The summed E-state index contributed by atoms with van der Waals surface area (Å²) in [5.41, 5.74) is 4.63. The van der Waals surface area contributed by atoms with Gasteiger partial charge in [-0.15, -0.1) is 0 Å². The van der Waals surface area contributed by atoms with Crippen LogP contribution in [0.5, 0.6) is 5.75 Å². The predicted molar refractivity (Wildman–Crippen MR) is 136 cm³/mol. The van der Waals surface area contributed by atoms with Gasteiger partial charge in [0.15, 0.2) is 5.16 Å². The summed E-state index contributed by atoms with van der Waals surface area (Å²) in [5, 5.41) is 4.25. The number of halogens is 1. The van der Waals surface area contributed by atoms with Crippen LogP contribution in [0.3, 0.4) is 0 Å². The molecule has 0 radical (unpaired) electrons. The maximum Gasteiger partial charge on any atom is 0.250 e. The molecule has 0 saturated heterocycles. The number of imidazole rings is 1. The summed E-state index contributed by atoms with van der Waals surface area (Å²) in [6, 6.07) is 16.8. The van der Waals surface area contributed by atoms with E-state index in [0.29, 0.717) is 36.1 Å². The maximum absolute atomic E-state index is 11.9. The second-order valence-electron chi connectivity index (χ2n) is 7.54. The van der Waals surface area contributed by atoms with Crippen molar-refractivity contribution in [1.29, 1.82) is 0 Å². The number of carbonyl (C=O) groups is 1. The summed E-state index contributed by atoms with van der Waals surface area (Å²) in [6.45, 7) is 2.90. The minimum atomic E-state index is -0.209. The van der Waals surface area contributed by atoms with Crippen molar-refractivity contribution in [3.8, 4) is 5.75 Å². The van der Waals surface area contributed by atoms with Crippen molar-refractivity contribution < 1.29 is 14.3 Å². The van der Waals surface area contributed by atoms with Gasteiger partial charge in [-0.05, 0) is 49.4 Å². The Morgan fingerprint density at radius 1 is 1.12 bits per heavy atom. The first-order valence-electron chi connectivity index (χ1n) is 10.9. The zero-order valence-corrected chi connectivity index (χ0v) is 20.3. The van der Waals surface area contributed by atoms with Gasteiger partial charge in [-0.3, -0.25) is 9.78 Å². The van der Waals surface area contributed by atoms with Gasteiger partial charge >= 0.3 is 0 Å². The van der Waals surface area contributed by atoms with Crippen LogP contribution in [0.1, 0.15) is 17.7 Å². The molecule has 34 heavy (non-hydrogen) atoms. The molecule has 0 aliphatic carbocycles. The van der Waals surface area contributed by atoms with Gasteiger partial charge in [0.1, 0.15) is 12.4 Å². The number of ether oxygens (including phenoxy) is 2. The van der Waals surface area contributed by atoms with Crippen LogP contribution in [0.25, 0.3) is 11.0 Å². The highest BCUT2D eigenvalue weighted by Gasteiger charge is 2.10. The molecule has 4 aromatic rings. The summed E-state index contributed by atoms with van der Waals surface area (Å²) in [6.07, 6.45) is 2.42. The number of anilines is 1. The number of amides is 1. The van der Waals surface area contributed by atoms with Crippen molar-refractivity contribution in [2.75, 3.05) is 25.1 Å². The van der Waals surface area contributed by atoms with Crippen molar-refractivity contribution in [1.82, 2.24) is 15.0 Å². The van der Waals surface area contributed by atoms with E-state index in [0.717, 1.165) is 33.2 Å². The fourth-order valence-electron chi connectivity index (χ4n) is 3.23. The first-order chi connectivity index (χ1) is 16.6. The van der Waals surface area contributed by atoms with Crippen LogP contribution in [-0.2, 0) is 15.3 Å². The number of aromatic amines is 1. The van der Waals surface area contributed by atoms with Gasteiger partial charge in [0.05, 0.1) is 29.9 Å². The van der Waals surface area contributed by atoms with E-state index in [1.54, 1.807) is 42.2 Å². The molecule has 0 saturated carbocycles. The van der Waals surface area contributed by atoms with Gasteiger partial charge < -0.3 is 19.8 Å². The smallest absolute Gasteiger partial charge is 0.250 e. The Morgan fingerprint density at radius 3 is 2.76 bits per heavy atom. The number of para-hydroxylation sites is 2. The van der Waals surface area contributed by atoms with Crippen molar-refractivity contribution in [2.24, 2.45) is 0 Å². The molecule has 2 aromatic carbocycles. The summed E-state index contributed by atoms with van der Waals surface area (Å²) in [4.78, 5) is 24.4. The molecule has 0 bridgehead atoms. The Hall–Kier alpha value is -3.07. The van der Waals surface area contributed by atoms with Gasteiger partial charge in [0, 0.05) is 34.6 Å². The van der Waals surface area contributed by atoms with Crippen LogP contribution in [0.4, 0.5) is 5.69 Å². The summed E-state index contributed by atoms with van der Waals surface area (Å²) in [5.74, 6) is 1.28. The zero-order valence-electron chi connectivity index (χ0n) is 18.7. The third-order valence-corrected chi connectivity index (χ3v) is 6.16. The van der Waals surface area contributed by atoms with E-state index < -0.39 is 0 Å². The quantitative estimate of drug-likeness (QED) is 0.206. The molecule has 0 unspecified atom stereocenters. The number of nitrogens with zero attached hydrogens (tertiary/aromatic N) is 2. The summed E-state index contributed by atoms with van der Waals surface area (Å²) < 4.78 is 11.4. The fraction of sp³-hybridized carbons (Fsp3) is 0.240. The van der Waals surface area contributed by atoms with Crippen LogP contribution in [-0.4, -0.2) is 40.7 Å². The molecule has 0 aliphatic heterocycles. The second kappa shape index (κ2) is 11.9. The molecule has 7 nitrogen and oxygen atoms in total. The highest BCUT2D eigenvalue weighted by Crippen LogP contribution is 2.27. The van der Waals surface area contributed by atoms with E-state index in [1.165, 1.54) is 0 Å². The minimum Gasteiger partial charge on any atom is -0.493 e. The topological polar surface area (TPSA) is 89.1 Å². The number of carbonyl (C=O) groups excluding carboxylic acids is 1. The number of pyridine rings is 1. The molecule has 0 aliphatic rings. The summed E-state index contributed by atoms with van der Waals surface area (Å²) in [7, 11) is 0. The van der Waals surface area contributed by atoms with Crippen molar-refractivity contribution >= 4 is 46.0 Å². The van der Waals surface area contributed by atoms with E-state index in [-0.39, 0.29) is 12.5 Å². The molecular weight excluding hydrogens is 472 g/mol. The molecule has 0 atom stereocenters. The molecule has 2 aromatic heterocycles. The first-order valence-corrected chi connectivity index (χ1v) is 12.2. The lowest BCUT2D eigenvalue weighted by Crippen LogP contribution is -2.19. The number of hydrogen-bond donors (Lipinski definition) is 2. The molecule has 2 N–H and O–H groups in total. The van der Waals surface area contributed by atoms with Crippen LogP contribution in [0.2, 0.25) is 5.02 Å². The van der Waals surface area contributed by atoms with E-state index in [2.05, 4.69) is 20.3 Å². The number of benzene rings is 2. The second-order valence-corrected chi connectivity index (χ2v) is 8.94. The molecule has 0 spiro atoms. The fourth-order valence-corrected chi connectivity index (χ4v) is 4.27. The third-order valence-electron chi connectivity index (χ3n) is 5.02. The van der Waals surface area contributed by atoms with Gasteiger partial charge in [-0.2, -0.15) is 0 Å². The number of thioether (sulfide) groups is 1. The normalized spacial score (nSPS) is 11.0. The lowest BCUT2D eigenvalue weighted by molar-refractivity contribution is -0.120. The molecule has 9 heteroatoms. The minimum absolute atomic E-state index is 0.0138.